The summed E-state index contributed by atoms with van der Waals surface area (Å²) in [5.41, 5.74) is 0. The molecule has 2 heterocycles. The largest absolute Gasteiger partial charge is 0.492 e. The van der Waals surface area contributed by atoms with Gasteiger partial charge < -0.3 is 4.74 Å². The van der Waals surface area contributed by atoms with Crippen molar-refractivity contribution in [1.82, 2.24) is 9.29 Å². The average molecular weight is 288 g/mol. The second-order valence-electron chi connectivity index (χ2n) is 4.07. The third-order valence-electron chi connectivity index (χ3n) is 2.75. The Bertz CT molecular complexity index is 502. The summed E-state index contributed by atoms with van der Waals surface area (Å²) >= 11 is 4.29. The maximum Gasteiger partial charge on any atom is 0.260 e. The monoisotopic (exact) mass is 288 g/mol. The molecule has 18 heavy (non-hydrogen) atoms. The smallest absolute Gasteiger partial charge is 0.260 e. The van der Waals surface area contributed by atoms with Crippen LogP contribution in [0.3, 0.4) is 0 Å². The molecular formula is C11H16N2O3S2. The summed E-state index contributed by atoms with van der Waals surface area (Å²) in [5, 5.41) is 0.177. The number of pyridine rings is 1. The topological polar surface area (TPSA) is 59.5 Å². The van der Waals surface area contributed by atoms with Gasteiger partial charge in [-0.05, 0) is 25.5 Å². The van der Waals surface area contributed by atoms with E-state index in [-0.39, 0.29) is 10.3 Å². The molecule has 5 nitrogen and oxygen atoms in total. The summed E-state index contributed by atoms with van der Waals surface area (Å²) in [6, 6.07) is 3.10. The normalized spacial score (nSPS) is 21.1. The van der Waals surface area contributed by atoms with Gasteiger partial charge in [0.05, 0.1) is 12.8 Å². The van der Waals surface area contributed by atoms with Crippen molar-refractivity contribution in [3.8, 4) is 5.75 Å². The molecule has 100 valence electrons. The molecule has 7 heteroatoms. The highest BCUT2D eigenvalue weighted by Crippen LogP contribution is 2.23. The van der Waals surface area contributed by atoms with E-state index in [1.165, 1.54) is 16.6 Å². The third kappa shape index (κ3) is 2.78. The van der Waals surface area contributed by atoms with Crippen molar-refractivity contribution in [2.45, 2.75) is 23.6 Å². The van der Waals surface area contributed by atoms with Gasteiger partial charge in [-0.2, -0.15) is 16.9 Å². The molecule has 1 saturated heterocycles. The van der Waals surface area contributed by atoms with Crippen LogP contribution < -0.4 is 4.74 Å². The zero-order valence-corrected chi connectivity index (χ0v) is 11.8. The van der Waals surface area contributed by atoms with Crippen LogP contribution in [0.5, 0.6) is 5.75 Å². The van der Waals surface area contributed by atoms with Gasteiger partial charge in [0.25, 0.3) is 10.0 Å². The van der Waals surface area contributed by atoms with Crippen LogP contribution >= 0.6 is 12.6 Å². The molecule has 0 amide bonds. The van der Waals surface area contributed by atoms with Crippen molar-refractivity contribution in [2.75, 3.05) is 19.7 Å². The molecule has 1 unspecified atom stereocenters. The lowest BCUT2D eigenvalue weighted by molar-refractivity contribution is 0.338. The van der Waals surface area contributed by atoms with E-state index in [4.69, 9.17) is 4.74 Å². The fraction of sp³-hybridized carbons (Fsp3) is 0.545. The maximum absolute atomic E-state index is 12.2. The molecule has 0 bridgehead atoms. The van der Waals surface area contributed by atoms with Crippen molar-refractivity contribution in [3.63, 3.8) is 0 Å². The third-order valence-corrected chi connectivity index (χ3v) is 4.95. The van der Waals surface area contributed by atoms with Gasteiger partial charge >= 0.3 is 0 Å². The van der Waals surface area contributed by atoms with E-state index < -0.39 is 10.0 Å². The first-order valence-electron chi connectivity index (χ1n) is 5.81. The number of rotatable bonds is 4. The summed E-state index contributed by atoms with van der Waals surface area (Å²) in [4.78, 5) is 3.96. The molecule has 1 aliphatic heterocycles. The van der Waals surface area contributed by atoms with Crippen molar-refractivity contribution in [2.24, 2.45) is 0 Å². The lowest BCUT2D eigenvalue weighted by Gasteiger charge is -2.15. The highest BCUT2D eigenvalue weighted by atomic mass is 32.2. The Morgan fingerprint density at radius 2 is 2.33 bits per heavy atom. The molecule has 0 saturated carbocycles. The number of sulfonamides is 1. The number of ether oxygens (including phenoxy) is 1. The predicted molar refractivity (Wildman–Crippen MR) is 71.6 cm³/mol. The van der Waals surface area contributed by atoms with Crippen LogP contribution in [0.15, 0.2) is 23.4 Å². The lowest BCUT2D eigenvalue weighted by Crippen LogP contribution is -2.29. The zero-order valence-electron chi connectivity index (χ0n) is 10.1. The molecule has 1 aromatic heterocycles. The van der Waals surface area contributed by atoms with E-state index in [1.54, 1.807) is 6.07 Å². The van der Waals surface area contributed by atoms with E-state index in [9.17, 15) is 8.42 Å². The second-order valence-corrected chi connectivity index (χ2v) is 6.69. The Balaban J connectivity index is 2.19. The van der Waals surface area contributed by atoms with Crippen LogP contribution in [-0.4, -0.2) is 42.7 Å². The van der Waals surface area contributed by atoms with Gasteiger partial charge in [-0.25, -0.2) is 13.4 Å². The van der Waals surface area contributed by atoms with Crippen LogP contribution in [0.25, 0.3) is 0 Å². The molecular weight excluding hydrogens is 272 g/mol. The molecule has 0 aliphatic carbocycles. The van der Waals surface area contributed by atoms with Gasteiger partial charge in [0, 0.05) is 18.3 Å². The maximum atomic E-state index is 12.2. The summed E-state index contributed by atoms with van der Waals surface area (Å²) in [6.45, 7) is 3.34. The summed E-state index contributed by atoms with van der Waals surface area (Å²) < 4.78 is 31.1. The van der Waals surface area contributed by atoms with Gasteiger partial charge in [0.1, 0.15) is 5.75 Å². The minimum atomic E-state index is -3.49. The van der Waals surface area contributed by atoms with E-state index >= 15 is 0 Å². The summed E-state index contributed by atoms with van der Waals surface area (Å²) in [5.74, 6) is 0.574. The van der Waals surface area contributed by atoms with E-state index in [2.05, 4.69) is 17.6 Å². The van der Waals surface area contributed by atoms with E-state index in [1.807, 2.05) is 6.92 Å². The molecule has 0 N–H and O–H groups in total. The van der Waals surface area contributed by atoms with Crippen molar-refractivity contribution in [1.29, 1.82) is 0 Å². The zero-order chi connectivity index (χ0) is 13.2. The SMILES string of the molecule is CCOc1ccc(S(=O)(=O)N2CCC(S)C2)nc1. The van der Waals surface area contributed by atoms with Crippen molar-refractivity contribution in [3.05, 3.63) is 18.3 Å². The van der Waals surface area contributed by atoms with Crippen LogP contribution in [0.4, 0.5) is 0 Å². The summed E-state index contributed by atoms with van der Waals surface area (Å²) in [7, 11) is -3.49. The van der Waals surface area contributed by atoms with Crippen LogP contribution in [0.1, 0.15) is 13.3 Å². The molecule has 0 radical (unpaired) electrons. The molecule has 1 fully saturated rings. The standard InChI is InChI=1S/C11H16N2O3S2/c1-2-16-9-3-4-11(12-7-9)18(14,15)13-6-5-10(17)8-13/h3-4,7,10,17H,2,5-6,8H2,1H3. The Labute approximate surface area is 113 Å². The Kier molecular flexibility index (Phi) is 4.14. The minimum absolute atomic E-state index is 0.0633. The van der Waals surface area contributed by atoms with Crippen LogP contribution in [0, 0.1) is 0 Å². The van der Waals surface area contributed by atoms with Gasteiger partial charge in [0.2, 0.25) is 0 Å². The number of nitrogens with zero attached hydrogens (tertiary/aromatic N) is 2. The number of thiol groups is 1. The Morgan fingerprint density at radius 1 is 1.56 bits per heavy atom. The first-order chi connectivity index (χ1) is 8.54. The fourth-order valence-electron chi connectivity index (χ4n) is 1.83. The molecule has 1 aromatic rings. The lowest BCUT2D eigenvalue weighted by atomic mass is 10.4. The minimum Gasteiger partial charge on any atom is -0.492 e. The predicted octanol–water partition coefficient (Wildman–Crippen LogP) is 1.17. The number of hydrogen-bond acceptors (Lipinski definition) is 5. The van der Waals surface area contributed by atoms with Crippen molar-refractivity contribution >= 4 is 22.7 Å². The number of aromatic nitrogens is 1. The Morgan fingerprint density at radius 3 is 2.83 bits per heavy atom. The molecule has 1 atom stereocenters. The summed E-state index contributed by atoms with van der Waals surface area (Å²) in [6.07, 6.45) is 2.21. The molecule has 2 rings (SSSR count). The van der Waals surface area contributed by atoms with Gasteiger partial charge in [0.15, 0.2) is 5.03 Å². The van der Waals surface area contributed by atoms with Gasteiger partial charge in [-0.15, -0.1) is 0 Å². The Hall–Kier alpha value is -0.790. The van der Waals surface area contributed by atoms with E-state index in [0.29, 0.717) is 25.4 Å². The molecule has 0 aromatic carbocycles. The molecule has 0 spiro atoms. The average Bonchev–Trinajstić information content (AvgIpc) is 2.78. The highest BCUT2D eigenvalue weighted by molar-refractivity contribution is 7.89. The fourth-order valence-corrected chi connectivity index (χ4v) is 3.67. The van der Waals surface area contributed by atoms with Gasteiger partial charge in [-0.3, -0.25) is 0 Å². The van der Waals surface area contributed by atoms with E-state index in [0.717, 1.165) is 6.42 Å². The first-order valence-corrected chi connectivity index (χ1v) is 7.76. The van der Waals surface area contributed by atoms with Gasteiger partial charge in [-0.1, -0.05) is 0 Å². The second kappa shape index (κ2) is 5.46. The van der Waals surface area contributed by atoms with Crippen LogP contribution in [0.2, 0.25) is 0 Å². The van der Waals surface area contributed by atoms with Crippen LogP contribution in [-0.2, 0) is 10.0 Å². The highest BCUT2D eigenvalue weighted by Gasteiger charge is 2.31. The molecule has 1 aliphatic rings. The first kappa shape index (κ1) is 13.6. The quantitative estimate of drug-likeness (QED) is 0.845. The number of hydrogen-bond donors (Lipinski definition) is 1. The van der Waals surface area contributed by atoms with Crippen molar-refractivity contribution < 1.29 is 13.2 Å².